The fourth-order valence-corrected chi connectivity index (χ4v) is 6.17. The van der Waals surface area contributed by atoms with Gasteiger partial charge >= 0.3 is 0 Å². The van der Waals surface area contributed by atoms with Crippen LogP contribution in [0.5, 0.6) is 0 Å². The van der Waals surface area contributed by atoms with E-state index in [1.807, 2.05) is 0 Å². The number of para-hydroxylation sites is 2. The Bertz CT molecular complexity index is 1020. The number of unbranched alkanes of at least 4 members (excludes halogenated alkanes) is 23. The smallest absolute Gasteiger partial charge is 0.0848 e. The molecule has 0 saturated carbocycles. The third-order valence-electron chi connectivity index (χ3n) is 9.09. The summed E-state index contributed by atoms with van der Waals surface area (Å²) in [5, 5.41) is 0. The van der Waals surface area contributed by atoms with Crippen molar-refractivity contribution < 1.29 is 0 Å². The number of aliphatic imine (C=N–C) groups is 2. The number of hydrogen-bond donors (Lipinski definition) is 0. The standard InChI is InChI=1S/C44H70N2/c1-3-5-7-9-11-12-13-14-15-16-17-18-19-20-21-22-23-24-26-34-40-44(46-42-37-31-28-32-38-42)43(39-33-25-10-8-6-4-2)45-41-35-29-27-30-36-41/h27-32,34-38,40H,3-26,33,39H2,1-2H3. The molecule has 2 nitrogen and oxygen atoms in total. The Morgan fingerprint density at radius 3 is 1.24 bits per heavy atom. The molecule has 46 heavy (non-hydrogen) atoms. The van der Waals surface area contributed by atoms with Gasteiger partial charge in [0, 0.05) is 0 Å². The van der Waals surface area contributed by atoms with Crippen molar-refractivity contribution >= 4 is 22.8 Å². The molecule has 0 aliphatic carbocycles. The lowest BCUT2D eigenvalue weighted by molar-refractivity contribution is 0.525. The van der Waals surface area contributed by atoms with Gasteiger partial charge in [0.25, 0.3) is 0 Å². The second-order valence-corrected chi connectivity index (χ2v) is 13.4. The molecule has 0 radical (unpaired) electrons. The van der Waals surface area contributed by atoms with E-state index in [0.717, 1.165) is 42.1 Å². The molecule has 0 saturated heterocycles. The number of rotatable bonds is 30. The Kier molecular flexibility index (Phi) is 25.8. The molecule has 0 bridgehead atoms. The van der Waals surface area contributed by atoms with E-state index in [1.165, 1.54) is 148 Å². The molecule has 2 aromatic rings. The molecule has 0 aliphatic heterocycles. The van der Waals surface area contributed by atoms with Crippen LogP contribution in [0.3, 0.4) is 0 Å². The van der Waals surface area contributed by atoms with Gasteiger partial charge in [-0.3, -0.25) is 4.99 Å². The lowest BCUT2D eigenvalue weighted by Crippen LogP contribution is -2.12. The Hall–Kier alpha value is -2.48. The largest absolute Gasteiger partial charge is 0.251 e. The molecular weight excluding hydrogens is 556 g/mol. The SMILES string of the molecule is CCCCCCCCCCCCCCCCCCCCC=CC(=Nc1ccccc1)C(CCCCCCCC)=Nc1ccccc1. The first kappa shape index (κ1) is 39.7. The summed E-state index contributed by atoms with van der Waals surface area (Å²) in [6.07, 6.45) is 39.9. The zero-order valence-corrected chi connectivity index (χ0v) is 30.2. The fraction of sp³-hybridized carbons (Fsp3) is 0.636. The summed E-state index contributed by atoms with van der Waals surface area (Å²) in [5.41, 5.74) is 4.14. The number of nitrogens with zero attached hydrogens (tertiary/aromatic N) is 2. The van der Waals surface area contributed by atoms with E-state index in [1.54, 1.807) is 0 Å². The fourth-order valence-electron chi connectivity index (χ4n) is 6.17. The Balaban J connectivity index is 1.70. The quantitative estimate of drug-likeness (QED) is 0.0609. The van der Waals surface area contributed by atoms with Crippen LogP contribution >= 0.6 is 0 Å². The number of hydrogen-bond acceptors (Lipinski definition) is 2. The highest BCUT2D eigenvalue weighted by Crippen LogP contribution is 2.19. The maximum absolute atomic E-state index is 5.13. The zero-order chi connectivity index (χ0) is 32.6. The normalized spacial score (nSPS) is 12.4. The van der Waals surface area contributed by atoms with Crippen molar-refractivity contribution in [1.29, 1.82) is 0 Å². The van der Waals surface area contributed by atoms with Crippen molar-refractivity contribution in [3.63, 3.8) is 0 Å². The zero-order valence-electron chi connectivity index (χ0n) is 30.2. The molecule has 0 aliphatic rings. The molecule has 256 valence electrons. The van der Waals surface area contributed by atoms with E-state index >= 15 is 0 Å². The molecule has 0 N–H and O–H groups in total. The number of benzene rings is 2. The first-order chi connectivity index (χ1) is 22.8. The van der Waals surface area contributed by atoms with Crippen molar-refractivity contribution in [1.82, 2.24) is 0 Å². The van der Waals surface area contributed by atoms with Crippen molar-refractivity contribution in [2.24, 2.45) is 9.98 Å². The van der Waals surface area contributed by atoms with Crippen LogP contribution in [-0.2, 0) is 0 Å². The second kappa shape index (κ2) is 29.9. The molecule has 0 heterocycles. The number of allylic oxidation sites excluding steroid dienone is 2. The maximum Gasteiger partial charge on any atom is 0.0848 e. The first-order valence-corrected chi connectivity index (χ1v) is 19.8. The minimum absolute atomic E-state index is 0.968. The first-order valence-electron chi connectivity index (χ1n) is 19.8. The van der Waals surface area contributed by atoms with Gasteiger partial charge in [-0.15, -0.1) is 0 Å². The van der Waals surface area contributed by atoms with Gasteiger partial charge in [0.05, 0.1) is 22.8 Å². The average Bonchev–Trinajstić information content (AvgIpc) is 3.08. The molecule has 0 atom stereocenters. The van der Waals surface area contributed by atoms with Crippen molar-refractivity contribution in [2.45, 2.75) is 181 Å². The molecule has 2 aromatic carbocycles. The van der Waals surface area contributed by atoms with Crippen LogP contribution in [0, 0.1) is 0 Å². The molecule has 2 rings (SSSR count). The third kappa shape index (κ3) is 22.1. The van der Waals surface area contributed by atoms with E-state index < -0.39 is 0 Å². The van der Waals surface area contributed by atoms with Crippen LogP contribution in [0.4, 0.5) is 11.4 Å². The predicted molar refractivity (Wildman–Crippen MR) is 208 cm³/mol. The topological polar surface area (TPSA) is 24.7 Å². The molecule has 0 amide bonds. The summed E-state index contributed by atoms with van der Waals surface area (Å²) in [5.74, 6) is 0. The van der Waals surface area contributed by atoms with Gasteiger partial charge in [-0.2, -0.15) is 0 Å². The van der Waals surface area contributed by atoms with E-state index in [2.05, 4.69) is 86.7 Å². The van der Waals surface area contributed by atoms with Crippen LogP contribution in [0.2, 0.25) is 0 Å². The van der Waals surface area contributed by atoms with Gasteiger partial charge in [0.2, 0.25) is 0 Å². The minimum atomic E-state index is 0.968. The van der Waals surface area contributed by atoms with Crippen LogP contribution in [0.15, 0.2) is 82.8 Å². The van der Waals surface area contributed by atoms with Crippen molar-refractivity contribution in [3.8, 4) is 0 Å². The van der Waals surface area contributed by atoms with Crippen molar-refractivity contribution in [2.75, 3.05) is 0 Å². The van der Waals surface area contributed by atoms with Gasteiger partial charge in [-0.1, -0.05) is 198 Å². The maximum atomic E-state index is 5.13. The molecule has 0 fully saturated rings. The van der Waals surface area contributed by atoms with E-state index in [-0.39, 0.29) is 0 Å². The Labute approximate surface area is 285 Å². The molecule has 2 heteroatoms. The minimum Gasteiger partial charge on any atom is -0.251 e. The lowest BCUT2D eigenvalue weighted by atomic mass is 10.0. The lowest BCUT2D eigenvalue weighted by Gasteiger charge is -2.09. The van der Waals surface area contributed by atoms with E-state index in [9.17, 15) is 0 Å². The Morgan fingerprint density at radius 1 is 0.435 bits per heavy atom. The van der Waals surface area contributed by atoms with Gasteiger partial charge in [-0.25, -0.2) is 4.99 Å². The van der Waals surface area contributed by atoms with Crippen LogP contribution in [0.1, 0.15) is 181 Å². The van der Waals surface area contributed by atoms with Gasteiger partial charge in [0.1, 0.15) is 0 Å². The third-order valence-corrected chi connectivity index (χ3v) is 9.09. The van der Waals surface area contributed by atoms with E-state index in [4.69, 9.17) is 9.98 Å². The summed E-state index contributed by atoms with van der Waals surface area (Å²) in [7, 11) is 0. The molecule has 0 aromatic heterocycles. The summed E-state index contributed by atoms with van der Waals surface area (Å²) >= 11 is 0. The van der Waals surface area contributed by atoms with Crippen LogP contribution in [0.25, 0.3) is 0 Å². The highest BCUT2D eigenvalue weighted by Gasteiger charge is 2.08. The Morgan fingerprint density at radius 2 is 0.804 bits per heavy atom. The second-order valence-electron chi connectivity index (χ2n) is 13.4. The molecule has 0 spiro atoms. The van der Waals surface area contributed by atoms with Gasteiger partial charge < -0.3 is 0 Å². The average molecular weight is 627 g/mol. The highest BCUT2D eigenvalue weighted by molar-refractivity contribution is 6.47. The van der Waals surface area contributed by atoms with E-state index in [0.29, 0.717) is 0 Å². The van der Waals surface area contributed by atoms with Crippen LogP contribution < -0.4 is 0 Å². The summed E-state index contributed by atoms with van der Waals surface area (Å²) in [4.78, 5) is 10.2. The monoisotopic (exact) mass is 627 g/mol. The summed E-state index contributed by atoms with van der Waals surface area (Å²) < 4.78 is 0. The van der Waals surface area contributed by atoms with Crippen molar-refractivity contribution in [3.05, 3.63) is 72.8 Å². The predicted octanol–water partition coefficient (Wildman–Crippen LogP) is 15.3. The molecule has 0 unspecified atom stereocenters. The van der Waals surface area contributed by atoms with Crippen LogP contribution in [-0.4, -0.2) is 11.4 Å². The molecular formula is C44H70N2. The van der Waals surface area contributed by atoms with Gasteiger partial charge in [0.15, 0.2) is 0 Å². The van der Waals surface area contributed by atoms with Gasteiger partial charge in [-0.05, 0) is 56.0 Å². The summed E-state index contributed by atoms with van der Waals surface area (Å²) in [6.45, 7) is 4.58. The summed E-state index contributed by atoms with van der Waals surface area (Å²) in [6, 6.07) is 20.8. The highest BCUT2D eigenvalue weighted by atomic mass is 14.8.